The highest BCUT2D eigenvalue weighted by atomic mass is 19.2. The van der Waals surface area contributed by atoms with Crippen LogP contribution in [0.2, 0.25) is 0 Å². The van der Waals surface area contributed by atoms with E-state index >= 15 is 0 Å². The molecule has 0 amide bonds. The van der Waals surface area contributed by atoms with Gasteiger partial charge in [0, 0.05) is 11.6 Å². The first-order chi connectivity index (χ1) is 9.93. The minimum atomic E-state index is -1.59. The SMILES string of the molecule is CNC(Cc1cc(F)ccc1F)c1ccc(F)c(F)c1F. The summed E-state index contributed by atoms with van der Waals surface area (Å²) in [5, 5.41) is 2.68. The van der Waals surface area contributed by atoms with Gasteiger partial charge in [-0.15, -0.1) is 0 Å². The van der Waals surface area contributed by atoms with Crippen molar-refractivity contribution >= 4 is 0 Å². The summed E-state index contributed by atoms with van der Waals surface area (Å²) in [7, 11) is 1.46. The Morgan fingerprint density at radius 3 is 2.24 bits per heavy atom. The molecule has 0 saturated carbocycles. The first-order valence-corrected chi connectivity index (χ1v) is 6.18. The van der Waals surface area contributed by atoms with Crippen molar-refractivity contribution in [3.05, 3.63) is 70.5 Å². The van der Waals surface area contributed by atoms with Gasteiger partial charge in [-0.05, 0) is 43.3 Å². The zero-order valence-electron chi connectivity index (χ0n) is 11.1. The molecule has 21 heavy (non-hydrogen) atoms. The van der Waals surface area contributed by atoms with Crippen LogP contribution in [0.5, 0.6) is 0 Å². The third kappa shape index (κ3) is 3.21. The van der Waals surface area contributed by atoms with Crippen molar-refractivity contribution in [3.8, 4) is 0 Å². The van der Waals surface area contributed by atoms with Gasteiger partial charge in [0.25, 0.3) is 0 Å². The lowest BCUT2D eigenvalue weighted by molar-refractivity contribution is 0.427. The Hall–Kier alpha value is -1.95. The molecule has 2 aromatic rings. The van der Waals surface area contributed by atoms with Crippen LogP contribution in [0.15, 0.2) is 30.3 Å². The molecule has 112 valence electrons. The van der Waals surface area contributed by atoms with E-state index in [1.807, 2.05) is 0 Å². The van der Waals surface area contributed by atoms with E-state index in [4.69, 9.17) is 0 Å². The smallest absolute Gasteiger partial charge is 0.194 e. The van der Waals surface area contributed by atoms with Crippen molar-refractivity contribution in [1.29, 1.82) is 0 Å². The molecular weight excluding hydrogens is 289 g/mol. The van der Waals surface area contributed by atoms with Crippen LogP contribution < -0.4 is 5.32 Å². The lowest BCUT2D eigenvalue weighted by Crippen LogP contribution is -2.21. The number of likely N-dealkylation sites (N-methyl/N-ethyl adjacent to an activating group) is 1. The number of halogens is 5. The molecule has 1 N–H and O–H groups in total. The third-order valence-electron chi connectivity index (χ3n) is 3.22. The Bertz CT molecular complexity index is 657. The molecule has 0 heterocycles. The number of benzene rings is 2. The maximum absolute atomic E-state index is 13.8. The van der Waals surface area contributed by atoms with Crippen molar-refractivity contribution in [3.63, 3.8) is 0 Å². The lowest BCUT2D eigenvalue weighted by atomic mass is 9.98. The fourth-order valence-corrected chi connectivity index (χ4v) is 2.10. The summed E-state index contributed by atoms with van der Waals surface area (Å²) in [5.41, 5.74) is -0.140. The van der Waals surface area contributed by atoms with Crippen LogP contribution in [0, 0.1) is 29.1 Å². The summed E-state index contributed by atoms with van der Waals surface area (Å²) >= 11 is 0. The maximum atomic E-state index is 13.8. The van der Waals surface area contributed by atoms with Crippen LogP contribution in [0.25, 0.3) is 0 Å². The number of nitrogens with one attached hydrogen (secondary N) is 1. The molecule has 0 aliphatic rings. The second-order valence-electron chi connectivity index (χ2n) is 4.55. The molecule has 0 aromatic heterocycles. The monoisotopic (exact) mass is 301 g/mol. The van der Waals surface area contributed by atoms with Crippen LogP contribution in [0.1, 0.15) is 17.2 Å². The molecule has 0 aliphatic heterocycles. The quantitative estimate of drug-likeness (QED) is 0.667. The predicted molar refractivity (Wildman–Crippen MR) is 68.2 cm³/mol. The van der Waals surface area contributed by atoms with Crippen LogP contribution in [-0.2, 0) is 6.42 Å². The van der Waals surface area contributed by atoms with Crippen molar-refractivity contribution in [1.82, 2.24) is 5.32 Å². The minimum Gasteiger partial charge on any atom is -0.313 e. The van der Waals surface area contributed by atoms with Crippen molar-refractivity contribution in [2.45, 2.75) is 12.5 Å². The van der Waals surface area contributed by atoms with Gasteiger partial charge >= 0.3 is 0 Å². The molecule has 2 aromatic carbocycles. The van der Waals surface area contributed by atoms with Crippen LogP contribution in [0.3, 0.4) is 0 Å². The van der Waals surface area contributed by atoms with Crippen molar-refractivity contribution in [2.24, 2.45) is 0 Å². The highest BCUT2D eigenvalue weighted by Crippen LogP contribution is 2.25. The van der Waals surface area contributed by atoms with Crippen molar-refractivity contribution < 1.29 is 22.0 Å². The van der Waals surface area contributed by atoms with E-state index in [2.05, 4.69) is 5.32 Å². The van der Waals surface area contributed by atoms with Crippen LogP contribution >= 0.6 is 0 Å². The second-order valence-corrected chi connectivity index (χ2v) is 4.55. The Balaban J connectivity index is 2.37. The Kier molecular flexibility index (Phi) is 4.57. The number of hydrogen-bond donors (Lipinski definition) is 1. The molecule has 1 nitrogen and oxygen atoms in total. The average molecular weight is 301 g/mol. The molecule has 6 heteroatoms. The van der Waals surface area contributed by atoms with Gasteiger partial charge in [-0.2, -0.15) is 0 Å². The summed E-state index contributed by atoms with van der Waals surface area (Å²) in [6.07, 6.45) is -0.109. The van der Waals surface area contributed by atoms with E-state index in [0.29, 0.717) is 0 Å². The van der Waals surface area contributed by atoms with Gasteiger partial charge < -0.3 is 5.32 Å². The predicted octanol–water partition coefficient (Wildman–Crippen LogP) is 3.89. The van der Waals surface area contributed by atoms with Gasteiger partial charge in [0.15, 0.2) is 17.5 Å². The fraction of sp³-hybridized carbons (Fsp3) is 0.200. The molecule has 1 atom stereocenters. The van der Waals surface area contributed by atoms with E-state index in [0.717, 1.165) is 30.3 Å². The molecule has 0 saturated heterocycles. The van der Waals surface area contributed by atoms with Gasteiger partial charge in [-0.1, -0.05) is 6.07 Å². The van der Waals surface area contributed by atoms with Crippen LogP contribution in [-0.4, -0.2) is 7.05 Å². The average Bonchev–Trinajstić information content (AvgIpc) is 2.46. The Labute approximate surface area is 118 Å². The zero-order valence-corrected chi connectivity index (χ0v) is 11.1. The topological polar surface area (TPSA) is 12.0 Å². The Morgan fingerprint density at radius 1 is 0.905 bits per heavy atom. The van der Waals surface area contributed by atoms with E-state index in [1.165, 1.54) is 7.05 Å². The summed E-state index contributed by atoms with van der Waals surface area (Å²) in [6, 6.07) is 3.95. The van der Waals surface area contributed by atoms with Crippen molar-refractivity contribution in [2.75, 3.05) is 7.05 Å². The van der Waals surface area contributed by atoms with Gasteiger partial charge in [-0.3, -0.25) is 0 Å². The largest absolute Gasteiger partial charge is 0.313 e. The lowest BCUT2D eigenvalue weighted by Gasteiger charge is -2.18. The third-order valence-corrected chi connectivity index (χ3v) is 3.22. The molecule has 0 aliphatic carbocycles. The Morgan fingerprint density at radius 2 is 1.57 bits per heavy atom. The minimum absolute atomic E-state index is 0.0125. The molecule has 1 unspecified atom stereocenters. The number of rotatable bonds is 4. The molecule has 0 fully saturated rings. The van der Waals surface area contributed by atoms with Gasteiger partial charge in [-0.25, -0.2) is 22.0 Å². The molecular formula is C15H12F5N. The second kappa shape index (κ2) is 6.22. The highest BCUT2D eigenvalue weighted by molar-refractivity contribution is 5.27. The molecule has 0 bridgehead atoms. The van der Waals surface area contributed by atoms with E-state index in [1.54, 1.807) is 0 Å². The first kappa shape index (κ1) is 15.4. The normalized spacial score (nSPS) is 12.5. The fourth-order valence-electron chi connectivity index (χ4n) is 2.10. The van der Waals surface area contributed by atoms with E-state index < -0.39 is 35.1 Å². The summed E-state index contributed by atoms with van der Waals surface area (Å²) < 4.78 is 66.7. The van der Waals surface area contributed by atoms with Gasteiger partial charge in [0.1, 0.15) is 11.6 Å². The highest BCUT2D eigenvalue weighted by Gasteiger charge is 2.21. The van der Waals surface area contributed by atoms with Crippen LogP contribution in [0.4, 0.5) is 22.0 Å². The number of hydrogen-bond acceptors (Lipinski definition) is 1. The standard InChI is InChI=1S/C15H12F5N/c1-21-13(7-8-6-9(16)2-4-11(8)17)10-3-5-12(18)15(20)14(10)19/h2-6,13,21H,7H2,1H3. The van der Waals surface area contributed by atoms with Gasteiger partial charge in [0.2, 0.25) is 0 Å². The van der Waals surface area contributed by atoms with E-state index in [-0.39, 0.29) is 17.5 Å². The summed E-state index contributed by atoms with van der Waals surface area (Å²) in [5.74, 6) is -5.52. The first-order valence-electron chi connectivity index (χ1n) is 6.18. The van der Waals surface area contributed by atoms with Gasteiger partial charge in [0.05, 0.1) is 0 Å². The summed E-state index contributed by atoms with van der Waals surface area (Å²) in [4.78, 5) is 0. The molecule has 0 spiro atoms. The molecule has 0 radical (unpaired) electrons. The molecule has 2 rings (SSSR count). The summed E-state index contributed by atoms with van der Waals surface area (Å²) in [6.45, 7) is 0. The maximum Gasteiger partial charge on any atom is 0.194 e. The van der Waals surface area contributed by atoms with E-state index in [9.17, 15) is 22.0 Å². The zero-order chi connectivity index (χ0) is 15.6.